The highest BCUT2D eigenvalue weighted by Gasteiger charge is 2.59. The van der Waals surface area contributed by atoms with Crippen LogP contribution in [0.25, 0.3) is 10.9 Å². The van der Waals surface area contributed by atoms with Crippen LogP contribution in [0.15, 0.2) is 36.5 Å². The number of hydrogen-bond donors (Lipinski definition) is 2. The summed E-state index contributed by atoms with van der Waals surface area (Å²) in [5.41, 5.74) is 2.18. The van der Waals surface area contributed by atoms with Crippen LogP contribution in [0.4, 0.5) is 4.79 Å². The topological polar surface area (TPSA) is 63.2 Å². The first-order valence-corrected chi connectivity index (χ1v) is 9.06. The second kappa shape index (κ2) is 6.30. The van der Waals surface area contributed by atoms with E-state index >= 15 is 0 Å². The van der Waals surface area contributed by atoms with Crippen LogP contribution in [-0.4, -0.2) is 36.3 Å². The number of carbonyl (C=O) groups excluding carboxylic acids is 1. The Balaban J connectivity index is 1.32. The zero-order chi connectivity index (χ0) is 17.4. The SMILES string of the molecule is CC1(C)[C@H](NC(=O)NCCc2cccc3cccnc23)[C@@H]2CCO[C@H]21. The van der Waals surface area contributed by atoms with Gasteiger partial charge in [-0.05, 0) is 24.5 Å². The summed E-state index contributed by atoms with van der Waals surface area (Å²) < 4.78 is 5.78. The minimum Gasteiger partial charge on any atom is -0.377 e. The summed E-state index contributed by atoms with van der Waals surface area (Å²) in [7, 11) is 0. The van der Waals surface area contributed by atoms with Gasteiger partial charge < -0.3 is 15.4 Å². The standard InChI is InChI=1S/C20H25N3O2/c1-20(2)17(15-9-12-25-18(15)20)23-19(24)22-11-8-14-6-3-5-13-7-4-10-21-16(13)14/h3-7,10,15,17-18H,8-9,11-12H2,1-2H3,(H2,22,23,24)/t15-,17+,18+/m0/s1. The summed E-state index contributed by atoms with van der Waals surface area (Å²) in [6.07, 6.45) is 3.91. The molecule has 0 unspecified atom stereocenters. The molecule has 0 bridgehead atoms. The van der Waals surface area contributed by atoms with Gasteiger partial charge >= 0.3 is 6.03 Å². The van der Waals surface area contributed by atoms with E-state index in [-0.39, 0.29) is 17.5 Å². The van der Waals surface area contributed by atoms with E-state index in [4.69, 9.17) is 4.74 Å². The van der Waals surface area contributed by atoms with Gasteiger partial charge in [0.15, 0.2) is 0 Å². The van der Waals surface area contributed by atoms with Crippen molar-refractivity contribution in [2.45, 2.75) is 38.8 Å². The molecule has 0 radical (unpaired) electrons. The van der Waals surface area contributed by atoms with Crippen molar-refractivity contribution in [3.63, 3.8) is 0 Å². The van der Waals surface area contributed by atoms with Gasteiger partial charge in [-0.25, -0.2) is 4.79 Å². The maximum atomic E-state index is 12.3. The summed E-state index contributed by atoms with van der Waals surface area (Å²) in [5, 5.41) is 7.28. The van der Waals surface area contributed by atoms with Gasteiger partial charge in [0.05, 0.1) is 11.6 Å². The average Bonchev–Trinajstić information content (AvgIpc) is 3.07. The fourth-order valence-corrected chi connectivity index (χ4v) is 4.49. The first kappa shape index (κ1) is 16.3. The van der Waals surface area contributed by atoms with E-state index in [1.165, 1.54) is 0 Å². The molecule has 1 aliphatic carbocycles. The van der Waals surface area contributed by atoms with Crippen molar-refractivity contribution in [1.82, 2.24) is 15.6 Å². The van der Waals surface area contributed by atoms with Crippen molar-refractivity contribution in [3.8, 4) is 0 Å². The minimum atomic E-state index is -0.0865. The Labute approximate surface area is 148 Å². The maximum Gasteiger partial charge on any atom is 0.315 e. The van der Waals surface area contributed by atoms with E-state index < -0.39 is 0 Å². The lowest BCUT2D eigenvalue weighted by atomic mass is 9.57. The smallest absolute Gasteiger partial charge is 0.315 e. The second-order valence-corrected chi connectivity index (χ2v) is 7.69. The molecule has 132 valence electrons. The van der Waals surface area contributed by atoms with Crippen molar-refractivity contribution in [2.24, 2.45) is 11.3 Å². The Morgan fingerprint density at radius 2 is 2.16 bits per heavy atom. The van der Waals surface area contributed by atoms with Crippen LogP contribution >= 0.6 is 0 Å². The molecule has 5 heteroatoms. The second-order valence-electron chi connectivity index (χ2n) is 7.69. The highest BCUT2D eigenvalue weighted by atomic mass is 16.5. The molecule has 3 atom stereocenters. The zero-order valence-corrected chi connectivity index (χ0v) is 14.8. The van der Waals surface area contributed by atoms with Gasteiger partial charge in [-0.15, -0.1) is 0 Å². The number of ether oxygens (including phenoxy) is 1. The maximum absolute atomic E-state index is 12.3. The van der Waals surface area contributed by atoms with Gasteiger partial charge in [0.25, 0.3) is 0 Å². The molecular weight excluding hydrogens is 314 g/mol. The number of nitrogens with one attached hydrogen (secondary N) is 2. The van der Waals surface area contributed by atoms with Gasteiger partial charge in [0.1, 0.15) is 0 Å². The zero-order valence-electron chi connectivity index (χ0n) is 14.8. The van der Waals surface area contributed by atoms with Gasteiger partial charge in [-0.3, -0.25) is 4.98 Å². The third kappa shape index (κ3) is 2.86. The number of aromatic nitrogens is 1. The van der Waals surface area contributed by atoms with Crippen LogP contribution < -0.4 is 10.6 Å². The van der Waals surface area contributed by atoms with E-state index in [2.05, 4.69) is 47.7 Å². The number of fused-ring (bicyclic) bond motifs is 2. The molecule has 2 amide bonds. The van der Waals surface area contributed by atoms with Crippen LogP contribution in [0.2, 0.25) is 0 Å². The largest absolute Gasteiger partial charge is 0.377 e. The fraction of sp³-hybridized carbons (Fsp3) is 0.500. The first-order chi connectivity index (χ1) is 12.1. The minimum absolute atomic E-state index is 0.0120. The number of amides is 2. The molecule has 1 saturated heterocycles. The molecule has 2 aromatic rings. The molecule has 4 rings (SSSR count). The molecule has 0 spiro atoms. The van der Waals surface area contributed by atoms with E-state index in [0.29, 0.717) is 18.6 Å². The molecule has 2 fully saturated rings. The van der Waals surface area contributed by atoms with Crippen molar-refractivity contribution in [2.75, 3.05) is 13.2 Å². The molecule has 5 nitrogen and oxygen atoms in total. The number of benzene rings is 1. The van der Waals surface area contributed by atoms with Crippen molar-refractivity contribution < 1.29 is 9.53 Å². The van der Waals surface area contributed by atoms with Crippen molar-refractivity contribution in [1.29, 1.82) is 0 Å². The molecule has 2 aliphatic rings. The Bertz CT molecular complexity index is 784. The van der Waals surface area contributed by atoms with Gasteiger partial charge in [0, 0.05) is 42.1 Å². The van der Waals surface area contributed by atoms with E-state index in [1.807, 2.05) is 18.3 Å². The normalized spacial score (nSPS) is 26.7. The highest BCUT2D eigenvalue weighted by molar-refractivity contribution is 5.81. The predicted molar refractivity (Wildman–Crippen MR) is 97.4 cm³/mol. The Morgan fingerprint density at radius 1 is 1.32 bits per heavy atom. The Kier molecular flexibility index (Phi) is 4.12. The van der Waals surface area contributed by atoms with Gasteiger partial charge in [0.2, 0.25) is 0 Å². The Hall–Kier alpha value is -2.14. The number of urea groups is 1. The van der Waals surface area contributed by atoms with Gasteiger partial charge in [-0.1, -0.05) is 38.1 Å². The number of hydrogen-bond acceptors (Lipinski definition) is 3. The highest BCUT2D eigenvalue weighted by Crippen LogP contribution is 2.52. The molecule has 1 aromatic carbocycles. The first-order valence-electron chi connectivity index (χ1n) is 9.06. The molecule has 2 N–H and O–H groups in total. The molecule has 1 aromatic heterocycles. The predicted octanol–water partition coefficient (Wildman–Crippen LogP) is 2.89. The summed E-state index contributed by atoms with van der Waals surface area (Å²) in [4.78, 5) is 16.8. The summed E-state index contributed by atoms with van der Waals surface area (Å²) in [6, 6.07) is 10.3. The summed E-state index contributed by atoms with van der Waals surface area (Å²) in [6.45, 7) is 5.75. The Morgan fingerprint density at radius 3 is 3.04 bits per heavy atom. The lowest BCUT2D eigenvalue weighted by molar-refractivity contribution is -0.108. The summed E-state index contributed by atoms with van der Waals surface area (Å²) >= 11 is 0. The van der Waals surface area contributed by atoms with E-state index in [9.17, 15) is 4.79 Å². The average molecular weight is 339 g/mol. The fourth-order valence-electron chi connectivity index (χ4n) is 4.49. The van der Waals surface area contributed by atoms with Gasteiger partial charge in [-0.2, -0.15) is 0 Å². The molecule has 25 heavy (non-hydrogen) atoms. The van der Waals surface area contributed by atoms with E-state index in [1.54, 1.807) is 0 Å². The number of carbonyl (C=O) groups is 1. The lowest BCUT2D eigenvalue weighted by Gasteiger charge is -2.54. The number of rotatable bonds is 4. The molecule has 1 saturated carbocycles. The van der Waals surface area contributed by atoms with Crippen LogP contribution in [0.1, 0.15) is 25.8 Å². The number of pyridine rings is 1. The van der Waals surface area contributed by atoms with Crippen LogP contribution in [0, 0.1) is 11.3 Å². The van der Waals surface area contributed by atoms with Crippen LogP contribution in [-0.2, 0) is 11.2 Å². The molecular formula is C20H25N3O2. The third-order valence-electron chi connectivity index (χ3n) is 5.78. The third-order valence-corrected chi connectivity index (χ3v) is 5.78. The number of nitrogens with zero attached hydrogens (tertiary/aromatic N) is 1. The van der Waals surface area contributed by atoms with Crippen LogP contribution in [0.3, 0.4) is 0 Å². The van der Waals surface area contributed by atoms with Crippen LogP contribution in [0.5, 0.6) is 0 Å². The monoisotopic (exact) mass is 339 g/mol. The quantitative estimate of drug-likeness (QED) is 0.900. The molecule has 2 heterocycles. The molecule has 1 aliphatic heterocycles. The van der Waals surface area contributed by atoms with E-state index in [0.717, 1.165) is 35.9 Å². The van der Waals surface area contributed by atoms with Crippen molar-refractivity contribution in [3.05, 3.63) is 42.1 Å². The summed E-state index contributed by atoms with van der Waals surface area (Å²) in [5.74, 6) is 0.461. The lowest BCUT2D eigenvalue weighted by Crippen LogP contribution is -2.67. The number of para-hydroxylation sites is 1. The van der Waals surface area contributed by atoms with Crippen molar-refractivity contribution >= 4 is 16.9 Å².